The second-order valence-corrected chi connectivity index (χ2v) is 7.71. The normalized spacial score (nSPS) is 16.7. The summed E-state index contributed by atoms with van der Waals surface area (Å²) in [5.41, 5.74) is 2.72. The second kappa shape index (κ2) is 8.01. The minimum Gasteiger partial charge on any atom is -0.493 e. The lowest BCUT2D eigenvalue weighted by Gasteiger charge is -2.26. The van der Waals surface area contributed by atoms with E-state index in [1.165, 1.54) is 56.4 Å². The van der Waals surface area contributed by atoms with Crippen molar-refractivity contribution < 1.29 is 4.74 Å². The molecule has 0 radical (unpaired) electrons. The average molecular weight is 303 g/mol. The third-order valence-electron chi connectivity index (χ3n) is 4.52. The molecule has 1 heterocycles. The second-order valence-electron chi connectivity index (χ2n) is 7.71. The summed E-state index contributed by atoms with van der Waals surface area (Å²) in [7, 11) is 0. The maximum Gasteiger partial charge on any atom is 0.123 e. The molecule has 0 N–H and O–H groups in total. The number of hydrogen-bond donors (Lipinski definition) is 0. The van der Waals surface area contributed by atoms with Gasteiger partial charge in [-0.15, -0.1) is 0 Å². The Morgan fingerprint density at radius 3 is 2.45 bits per heavy atom. The molecule has 1 fully saturated rings. The average Bonchev–Trinajstić information content (AvgIpc) is 2.47. The number of benzene rings is 1. The third kappa shape index (κ3) is 5.31. The molecular formula is C20H33NO. The molecule has 1 saturated heterocycles. The quantitative estimate of drug-likeness (QED) is 0.690. The summed E-state index contributed by atoms with van der Waals surface area (Å²) in [6.45, 7) is 13.6. The Labute approximate surface area is 136 Å². The molecule has 124 valence electrons. The molecule has 0 bridgehead atoms. The molecule has 2 nitrogen and oxygen atoms in total. The van der Waals surface area contributed by atoms with Crippen molar-refractivity contribution in [3.8, 4) is 5.75 Å². The maximum atomic E-state index is 6.12. The number of unbranched alkanes of at least 4 members (excludes halogenated alkanes) is 1. The number of likely N-dealkylation sites (tertiary alicyclic amines) is 1. The number of hydrogen-bond acceptors (Lipinski definition) is 2. The Morgan fingerprint density at radius 1 is 1.05 bits per heavy atom. The van der Waals surface area contributed by atoms with Gasteiger partial charge in [-0.1, -0.05) is 39.3 Å². The smallest absolute Gasteiger partial charge is 0.123 e. The zero-order valence-corrected chi connectivity index (χ0v) is 15.0. The summed E-state index contributed by atoms with van der Waals surface area (Å²) >= 11 is 0. The van der Waals surface area contributed by atoms with E-state index in [0.29, 0.717) is 0 Å². The van der Waals surface area contributed by atoms with Crippen LogP contribution in [-0.2, 0) is 5.41 Å². The van der Waals surface area contributed by atoms with Crippen LogP contribution in [0.5, 0.6) is 5.75 Å². The van der Waals surface area contributed by atoms with Crippen LogP contribution in [0.2, 0.25) is 0 Å². The van der Waals surface area contributed by atoms with E-state index in [2.05, 4.69) is 50.8 Å². The van der Waals surface area contributed by atoms with E-state index in [9.17, 15) is 0 Å². The van der Waals surface area contributed by atoms with Gasteiger partial charge in [0.25, 0.3) is 0 Å². The molecule has 0 aromatic heterocycles. The first kappa shape index (κ1) is 17.3. The molecule has 0 spiro atoms. The molecule has 0 aliphatic carbocycles. The van der Waals surface area contributed by atoms with Crippen molar-refractivity contribution in [3.05, 3.63) is 29.3 Å². The number of rotatable bonds is 6. The first-order valence-electron chi connectivity index (χ1n) is 8.93. The molecular weight excluding hydrogens is 270 g/mol. The number of aryl methyl sites for hydroxylation is 1. The summed E-state index contributed by atoms with van der Waals surface area (Å²) in [6.07, 6.45) is 6.58. The molecule has 1 aliphatic rings. The number of nitrogens with zero attached hydrogens (tertiary/aromatic N) is 1. The van der Waals surface area contributed by atoms with E-state index < -0.39 is 0 Å². The van der Waals surface area contributed by atoms with Gasteiger partial charge in [-0.3, -0.25) is 0 Å². The maximum absolute atomic E-state index is 6.12. The molecule has 1 aromatic rings. The van der Waals surface area contributed by atoms with Gasteiger partial charge in [-0.05, 0) is 74.8 Å². The highest BCUT2D eigenvalue weighted by atomic mass is 16.5. The first-order valence-corrected chi connectivity index (χ1v) is 8.93. The van der Waals surface area contributed by atoms with Crippen LogP contribution in [-0.4, -0.2) is 31.1 Å². The van der Waals surface area contributed by atoms with Crippen molar-refractivity contribution in [2.24, 2.45) is 0 Å². The summed E-state index contributed by atoms with van der Waals surface area (Å²) < 4.78 is 6.12. The molecule has 22 heavy (non-hydrogen) atoms. The van der Waals surface area contributed by atoms with Crippen molar-refractivity contribution in [3.63, 3.8) is 0 Å². The van der Waals surface area contributed by atoms with Crippen LogP contribution >= 0.6 is 0 Å². The lowest BCUT2D eigenvalue weighted by molar-refractivity contribution is 0.215. The number of piperidine rings is 1. The van der Waals surface area contributed by atoms with Gasteiger partial charge in [0, 0.05) is 0 Å². The lowest BCUT2D eigenvalue weighted by Crippen LogP contribution is -2.30. The van der Waals surface area contributed by atoms with Gasteiger partial charge in [-0.2, -0.15) is 0 Å². The van der Waals surface area contributed by atoms with Crippen LogP contribution in [0.1, 0.15) is 64.0 Å². The van der Waals surface area contributed by atoms with Gasteiger partial charge in [0.2, 0.25) is 0 Å². The summed E-state index contributed by atoms with van der Waals surface area (Å²) in [5.74, 6) is 1.07. The highest BCUT2D eigenvalue weighted by Gasteiger charge is 2.18. The van der Waals surface area contributed by atoms with Crippen molar-refractivity contribution in [1.82, 2.24) is 4.90 Å². The van der Waals surface area contributed by atoms with E-state index in [4.69, 9.17) is 4.74 Å². The van der Waals surface area contributed by atoms with Crippen molar-refractivity contribution in [1.29, 1.82) is 0 Å². The summed E-state index contributed by atoms with van der Waals surface area (Å²) in [4.78, 5) is 2.61. The predicted molar refractivity (Wildman–Crippen MR) is 94.9 cm³/mol. The van der Waals surface area contributed by atoms with E-state index in [1.54, 1.807) is 0 Å². The van der Waals surface area contributed by atoms with Crippen LogP contribution in [0.25, 0.3) is 0 Å². The molecule has 2 rings (SSSR count). The van der Waals surface area contributed by atoms with E-state index in [-0.39, 0.29) is 5.41 Å². The van der Waals surface area contributed by atoms with Crippen molar-refractivity contribution >= 4 is 0 Å². The highest BCUT2D eigenvalue weighted by molar-refractivity contribution is 5.41. The Hall–Kier alpha value is -1.02. The van der Waals surface area contributed by atoms with Crippen LogP contribution in [0.15, 0.2) is 18.2 Å². The van der Waals surface area contributed by atoms with Crippen LogP contribution in [0.4, 0.5) is 0 Å². The first-order chi connectivity index (χ1) is 10.5. The molecule has 0 saturated carbocycles. The van der Waals surface area contributed by atoms with Crippen LogP contribution < -0.4 is 4.74 Å². The van der Waals surface area contributed by atoms with E-state index in [0.717, 1.165) is 18.8 Å². The Kier molecular flexibility index (Phi) is 6.31. The van der Waals surface area contributed by atoms with Crippen LogP contribution in [0, 0.1) is 6.92 Å². The van der Waals surface area contributed by atoms with Gasteiger partial charge < -0.3 is 9.64 Å². The number of ether oxygens (including phenoxy) is 1. The van der Waals surface area contributed by atoms with Gasteiger partial charge >= 0.3 is 0 Å². The van der Waals surface area contributed by atoms with Gasteiger partial charge in [0.1, 0.15) is 5.75 Å². The molecule has 0 unspecified atom stereocenters. The zero-order chi connectivity index (χ0) is 16.0. The molecule has 0 amide bonds. The zero-order valence-electron chi connectivity index (χ0n) is 15.0. The third-order valence-corrected chi connectivity index (χ3v) is 4.52. The molecule has 0 atom stereocenters. The summed E-state index contributed by atoms with van der Waals surface area (Å²) in [5, 5.41) is 0. The minimum atomic E-state index is 0.136. The molecule has 2 heteroatoms. The molecule has 1 aliphatic heterocycles. The standard InChI is InChI=1S/C20H33NO/c1-17-10-11-18(20(2,3)4)19(16-17)22-15-9-8-14-21-12-6-5-7-13-21/h10-11,16H,5-9,12-15H2,1-4H3. The van der Waals surface area contributed by atoms with Crippen molar-refractivity contribution in [2.75, 3.05) is 26.2 Å². The fraction of sp³-hybridized carbons (Fsp3) is 0.700. The Bertz CT molecular complexity index is 455. The minimum absolute atomic E-state index is 0.136. The lowest BCUT2D eigenvalue weighted by atomic mass is 9.86. The van der Waals surface area contributed by atoms with Gasteiger partial charge in [-0.25, -0.2) is 0 Å². The van der Waals surface area contributed by atoms with E-state index in [1.807, 2.05) is 0 Å². The Balaban J connectivity index is 1.77. The predicted octanol–water partition coefficient (Wildman–Crippen LogP) is 4.94. The Morgan fingerprint density at radius 2 is 1.77 bits per heavy atom. The highest BCUT2D eigenvalue weighted by Crippen LogP contribution is 2.32. The summed E-state index contributed by atoms with van der Waals surface area (Å²) in [6, 6.07) is 6.59. The SMILES string of the molecule is Cc1ccc(C(C)(C)C)c(OCCCCN2CCCCC2)c1. The fourth-order valence-corrected chi connectivity index (χ4v) is 3.17. The van der Waals surface area contributed by atoms with Gasteiger partial charge in [0.05, 0.1) is 6.61 Å². The monoisotopic (exact) mass is 303 g/mol. The molecule has 1 aromatic carbocycles. The van der Waals surface area contributed by atoms with Gasteiger partial charge in [0.15, 0.2) is 0 Å². The topological polar surface area (TPSA) is 12.5 Å². The van der Waals surface area contributed by atoms with Crippen LogP contribution in [0.3, 0.4) is 0 Å². The van der Waals surface area contributed by atoms with Crippen molar-refractivity contribution in [2.45, 2.75) is 65.2 Å². The van der Waals surface area contributed by atoms with E-state index >= 15 is 0 Å². The fourth-order valence-electron chi connectivity index (χ4n) is 3.17. The largest absolute Gasteiger partial charge is 0.493 e.